The number of benzene rings is 2. The van der Waals surface area contributed by atoms with Gasteiger partial charge in [0.2, 0.25) is 12.8 Å². The summed E-state index contributed by atoms with van der Waals surface area (Å²) in [6.45, 7) is 14.7. The van der Waals surface area contributed by atoms with E-state index in [9.17, 15) is 44.9 Å². The summed E-state index contributed by atoms with van der Waals surface area (Å²) in [7, 11) is 1.22. The number of aliphatic hydroxyl groups excluding tert-OH is 4. The summed E-state index contributed by atoms with van der Waals surface area (Å²) >= 11 is 0. The minimum Gasteiger partial charge on any atom is -0.482 e. The van der Waals surface area contributed by atoms with E-state index in [0.29, 0.717) is 18.4 Å². The van der Waals surface area contributed by atoms with Crippen LogP contribution in [0.25, 0.3) is 6.08 Å². The minimum absolute atomic E-state index is 0.0534. The summed E-state index contributed by atoms with van der Waals surface area (Å²) in [6.07, 6.45) is 2.53. The van der Waals surface area contributed by atoms with Gasteiger partial charge in [-0.3, -0.25) is 24.5 Å². The zero-order chi connectivity index (χ0) is 55.6. The molecule has 3 aliphatic carbocycles. The monoisotopic (exact) mass is 1060 g/mol. The predicted molar refractivity (Wildman–Crippen MR) is 271 cm³/mol. The van der Waals surface area contributed by atoms with Gasteiger partial charge < -0.3 is 58.9 Å². The van der Waals surface area contributed by atoms with Crippen molar-refractivity contribution in [2.75, 3.05) is 20.3 Å². The van der Waals surface area contributed by atoms with Crippen molar-refractivity contribution >= 4 is 35.5 Å². The number of allylic oxidation sites excluding steroid dienone is 4. The number of methoxy groups -OCH3 is 1. The second kappa shape index (κ2) is 20.9. The van der Waals surface area contributed by atoms with E-state index in [1.807, 2.05) is 46.8 Å². The molecule has 0 aromatic heterocycles. The number of ether oxygens (including phenoxy) is 7. The number of carbonyl (C=O) groups is 5. The number of nitrogens with one attached hydrogen (secondary N) is 1. The van der Waals surface area contributed by atoms with Gasteiger partial charge in [0.15, 0.2) is 28.5 Å². The van der Waals surface area contributed by atoms with Crippen LogP contribution >= 0.6 is 0 Å². The summed E-state index contributed by atoms with van der Waals surface area (Å²) in [5.74, 6) is -7.89. The quantitative estimate of drug-likeness (QED) is 0.0344. The van der Waals surface area contributed by atoms with Crippen LogP contribution in [0.2, 0.25) is 0 Å². The maximum absolute atomic E-state index is 16.2. The Kier molecular flexibility index (Phi) is 15.4. The molecule has 1 spiro atoms. The van der Waals surface area contributed by atoms with E-state index in [0.717, 1.165) is 11.1 Å². The lowest BCUT2D eigenvalue weighted by atomic mass is 9.43. The Morgan fingerprint density at radius 1 is 0.947 bits per heavy atom. The molecule has 4 heterocycles. The Bertz CT molecular complexity index is 2820. The summed E-state index contributed by atoms with van der Waals surface area (Å²) in [5, 5.41) is 55.6. The molecule has 13 atom stereocenters. The lowest BCUT2D eigenvalue weighted by molar-refractivity contribution is -0.494. The van der Waals surface area contributed by atoms with Crippen molar-refractivity contribution in [2.24, 2.45) is 23.7 Å². The van der Waals surface area contributed by atoms with Crippen LogP contribution in [0.5, 0.6) is 23.0 Å². The number of hydrogen-bond acceptors (Lipinski definition) is 18. The average Bonchev–Trinajstić information content (AvgIpc) is 3.74. The largest absolute Gasteiger partial charge is 0.482 e. The Labute approximate surface area is 440 Å². The van der Waals surface area contributed by atoms with Crippen molar-refractivity contribution in [3.8, 4) is 23.0 Å². The number of nitrogens with zero attached hydrogens (tertiary/aromatic N) is 1. The minimum atomic E-state index is -1.94. The second-order valence-corrected chi connectivity index (χ2v) is 22.1. The van der Waals surface area contributed by atoms with Crippen molar-refractivity contribution < 1.29 is 82.5 Å². The van der Waals surface area contributed by atoms with E-state index in [1.165, 1.54) is 51.3 Å². The predicted octanol–water partition coefficient (Wildman–Crippen LogP) is 5.11. The molecule has 2 aromatic carbocycles. The number of Topliss-reactive ketones (excluding diaryl/α,β-unsaturated/α-hetero) is 2. The molecule has 8 unspecified atom stereocenters. The van der Waals surface area contributed by atoms with Gasteiger partial charge in [0.05, 0.1) is 30.8 Å². The van der Waals surface area contributed by atoms with Gasteiger partial charge in [0.1, 0.15) is 58.9 Å². The fourth-order valence-electron chi connectivity index (χ4n) is 12.1. The van der Waals surface area contributed by atoms with Crippen LogP contribution in [-0.4, -0.2) is 134 Å². The van der Waals surface area contributed by atoms with Gasteiger partial charge in [-0.1, -0.05) is 29.4 Å². The second-order valence-electron chi connectivity index (χ2n) is 22.1. The van der Waals surface area contributed by atoms with E-state index < -0.39 is 130 Å². The molecule has 0 radical (unpaired) electrons. The summed E-state index contributed by atoms with van der Waals surface area (Å²) in [4.78, 5) is 84.7. The number of nitro groups is 1. The first-order valence-electron chi connectivity index (χ1n) is 25.6. The van der Waals surface area contributed by atoms with Gasteiger partial charge in [-0.2, -0.15) is 0 Å². The Morgan fingerprint density at radius 3 is 2.26 bits per heavy atom. The zero-order valence-corrected chi connectivity index (χ0v) is 44.4. The third kappa shape index (κ3) is 9.65. The standard InChI is InChI=1S/C56H68N2O18/c1-27(2)12-11-21-54(9)22-20-34-45(74-54)33(18-13-28(3)4)47-39(46(34)73-51(67)30(6)57-49(65)31-14-16-32(17-15-31)71-52-44(63)43(62)41(60)37(26-59)72-52)42(61)40-36(25-58(68)69)35-24-38-53(7,8)76-55(48(35)64,56(38,40)75-47)23-19-29(5)50(66)70-10/h12-17,19-20,22,30,35-38,40-41,43-44,52,59-60,62-63H,11,18,21,23-26H2,1-10H3,(H,57,65)/t30?,35?,36?,37-,38?,40?,41-,43-,44-,52-,54?,55?,56?/m1/s1. The summed E-state index contributed by atoms with van der Waals surface area (Å²) in [5.41, 5.74) is -3.29. The van der Waals surface area contributed by atoms with E-state index in [1.54, 1.807) is 19.9 Å². The van der Waals surface area contributed by atoms with Gasteiger partial charge >= 0.3 is 11.9 Å². The maximum Gasteiger partial charge on any atom is 0.333 e. The average molecular weight is 1060 g/mol. The third-order valence-corrected chi connectivity index (χ3v) is 15.9. The van der Waals surface area contributed by atoms with Crippen LogP contribution in [0.15, 0.2) is 65.3 Å². The molecule has 5 fully saturated rings. The smallest absolute Gasteiger partial charge is 0.333 e. The number of aliphatic hydroxyl groups is 4. The summed E-state index contributed by atoms with van der Waals surface area (Å²) in [6, 6.07) is 4.06. The molecule has 1 amide bonds. The highest BCUT2D eigenvalue weighted by Gasteiger charge is 2.86. The van der Waals surface area contributed by atoms with Crippen LogP contribution in [0, 0.1) is 33.8 Å². The number of rotatable bonds is 17. The first-order valence-corrected chi connectivity index (χ1v) is 25.6. The molecule has 20 nitrogen and oxygen atoms in total. The van der Waals surface area contributed by atoms with E-state index in [-0.39, 0.29) is 64.5 Å². The van der Waals surface area contributed by atoms with Crippen LogP contribution < -0.4 is 24.3 Å². The Balaban J connectivity index is 1.23. The number of carbonyl (C=O) groups excluding carboxylic acids is 5. The van der Waals surface area contributed by atoms with Gasteiger partial charge in [-0.25, -0.2) is 9.59 Å². The molecular weight excluding hydrogens is 989 g/mol. The molecule has 2 aromatic rings. The van der Waals surface area contributed by atoms with Crippen molar-refractivity contribution in [1.82, 2.24) is 5.32 Å². The highest BCUT2D eigenvalue weighted by atomic mass is 16.7. The number of hydrogen-bond donors (Lipinski definition) is 5. The summed E-state index contributed by atoms with van der Waals surface area (Å²) < 4.78 is 43.8. The molecule has 5 N–H and O–H groups in total. The van der Waals surface area contributed by atoms with Gasteiger partial charge in [-0.15, -0.1) is 0 Å². The molecule has 76 heavy (non-hydrogen) atoms. The normalized spacial score (nSPS) is 31.8. The van der Waals surface area contributed by atoms with Gasteiger partial charge in [0, 0.05) is 45.8 Å². The lowest BCUT2D eigenvalue weighted by Crippen LogP contribution is -2.79. The van der Waals surface area contributed by atoms with Crippen LogP contribution in [-0.2, 0) is 35.0 Å². The van der Waals surface area contributed by atoms with E-state index in [4.69, 9.17) is 33.2 Å². The number of amides is 1. The lowest BCUT2D eigenvalue weighted by Gasteiger charge is -2.62. The SMILES string of the molecule is COC(=O)C(C)=CCC12OC(C)(C)C3CC(C1=O)C(C[N+](=O)[O-])C1C(=O)c4c(OC(=O)C(C)NC(=O)c5ccc(O[C@@H]6O[C@H](CO)[C@@H](O)[C@@H](O)[C@H]6O)cc5)c5c(c(CC=C(C)C)c4OC132)OC(C)(CCC=C(C)C)C=C5. The molecule has 7 aliphatic rings. The van der Waals surface area contributed by atoms with Gasteiger partial charge in [-0.05, 0) is 124 Å². The molecule has 2 saturated heterocycles. The molecule has 4 aliphatic heterocycles. The number of esters is 2. The maximum atomic E-state index is 16.2. The van der Waals surface area contributed by atoms with Crippen molar-refractivity contribution in [1.29, 1.82) is 0 Å². The fourth-order valence-corrected chi connectivity index (χ4v) is 12.1. The topological polar surface area (TPSA) is 286 Å². The van der Waals surface area contributed by atoms with Crippen LogP contribution in [0.3, 0.4) is 0 Å². The van der Waals surface area contributed by atoms with Crippen molar-refractivity contribution in [3.63, 3.8) is 0 Å². The third-order valence-electron chi connectivity index (χ3n) is 15.9. The molecular formula is C56H68N2O18. The number of ketones is 2. The van der Waals surface area contributed by atoms with Gasteiger partial charge in [0.25, 0.3) is 5.91 Å². The Hall–Kier alpha value is -6.29. The fraction of sp³-hybridized carbons (Fsp3) is 0.554. The zero-order valence-electron chi connectivity index (χ0n) is 44.4. The van der Waals surface area contributed by atoms with E-state index >= 15 is 9.59 Å². The molecule has 3 saturated carbocycles. The van der Waals surface area contributed by atoms with Crippen LogP contribution in [0.4, 0.5) is 0 Å². The highest BCUT2D eigenvalue weighted by molar-refractivity contribution is 6.11. The van der Waals surface area contributed by atoms with E-state index in [2.05, 4.69) is 11.4 Å². The van der Waals surface area contributed by atoms with Crippen LogP contribution in [0.1, 0.15) is 120 Å². The molecule has 20 heteroatoms. The van der Waals surface area contributed by atoms with Crippen molar-refractivity contribution in [3.05, 3.63) is 97.7 Å². The first kappa shape index (κ1) is 55.9. The first-order chi connectivity index (χ1) is 35.7. The highest BCUT2D eigenvalue weighted by Crippen LogP contribution is 2.72. The van der Waals surface area contributed by atoms with Crippen molar-refractivity contribution in [2.45, 2.75) is 154 Å². The molecule has 9 rings (SSSR count). The number of fused-ring (bicyclic) bond motifs is 2. The Morgan fingerprint density at radius 2 is 1.63 bits per heavy atom. The molecule has 4 bridgehead atoms. The molecule has 410 valence electrons.